The van der Waals surface area contributed by atoms with E-state index in [1.54, 1.807) is 41.3 Å². The SMILES string of the molecule is O=C(COC(=O)c1ccc2c(c1)SC1=NS(=O)(=O)CCN12)Nc1ccc2c(c1)OCCCO2. The van der Waals surface area contributed by atoms with E-state index in [2.05, 4.69) is 9.71 Å². The third-order valence-electron chi connectivity index (χ3n) is 5.07. The maximum Gasteiger partial charge on any atom is 0.338 e. The molecule has 0 saturated carbocycles. The molecular formula is C21H19N3O7S2. The van der Waals surface area contributed by atoms with Crippen molar-refractivity contribution in [3.8, 4) is 11.5 Å². The molecule has 1 N–H and O–H groups in total. The van der Waals surface area contributed by atoms with Gasteiger partial charge in [0.1, 0.15) is 0 Å². The van der Waals surface area contributed by atoms with Crippen LogP contribution in [0.15, 0.2) is 45.7 Å². The van der Waals surface area contributed by atoms with E-state index >= 15 is 0 Å². The van der Waals surface area contributed by atoms with Crippen molar-refractivity contribution >= 4 is 50.2 Å². The number of carbonyl (C=O) groups is 2. The predicted octanol–water partition coefficient (Wildman–Crippen LogP) is 2.25. The zero-order valence-electron chi connectivity index (χ0n) is 17.3. The first-order valence-corrected chi connectivity index (χ1v) is 12.6. The number of ether oxygens (including phenoxy) is 3. The van der Waals surface area contributed by atoms with Crippen molar-refractivity contribution in [2.24, 2.45) is 4.40 Å². The Kier molecular flexibility index (Phi) is 5.62. The summed E-state index contributed by atoms with van der Waals surface area (Å²) in [4.78, 5) is 27.2. The average molecular weight is 490 g/mol. The molecule has 10 nitrogen and oxygen atoms in total. The zero-order valence-corrected chi connectivity index (χ0v) is 18.9. The Labute approximate surface area is 194 Å². The molecule has 3 heterocycles. The number of carbonyl (C=O) groups excluding carboxylic acids is 2. The summed E-state index contributed by atoms with van der Waals surface area (Å²) in [6.45, 7) is 0.947. The molecule has 0 bridgehead atoms. The molecule has 0 aliphatic carbocycles. The van der Waals surface area contributed by atoms with Gasteiger partial charge < -0.3 is 24.4 Å². The fraction of sp³-hybridized carbons (Fsp3) is 0.286. The van der Waals surface area contributed by atoms with Gasteiger partial charge >= 0.3 is 5.97 Å². The summed E-state index contributed by atoms with van der Waals surface area (Å²) >= 11 is 1.18. The zero-order chi connectivity index (χ0) is 23.0. The van der Waals surface area contributed by atoms with Gasteiger partial charge in [0.2, 0.25) is 0 Å². The summed E-state index contributed by atoms with van der Waals surface area (Å²) in [6, 6.07) is 9.97. The number of benzene rings is 2. The average Bonchev–Trinajstić information content (AvgIpc) is 2.96. The molecule has 0 fully saturated rings. The van der Waals surface area contributed by atoms with Gasteiger partial charge in [-0.3, -0.25) is 4.79 Å². The molecule has 0 saturated heterocycles. The number of hydrogen-bond donors (Lipinski definition) is 1. The van der Waals surface area contributed by atoms with E-state index in [4.69, 9.17) is 14.2 Å². The Bertz CT molecular complexity index is 1280. The van der Waals surface area contributed by atoms with Crippen LogP contribution in [0.3, 0.4) is 0 Å². The summed E-state index contributed by atoms with van der Waals surface area (Å²) in [6.07, 6.45) is 0.777. The van der Waals surface area contributed by atoms with E-state index in [0.29, 0.717) is 47.0 Å². The summed E-state index contributed by atoms with van der Waals surface area (Å²) < 4.78 is 43.6. The number of amidine groups is 1. The van der Waals surface area contributed by atoms with E-state index in [1.165, 1.54) is 11.8 Å². The number of nitrogens with one attached hydrogen (secondary N) is 1. The Morgan fingerprint density at radius 3 is 2.79 bits per heavy atom. The van der Waals surface area contributed by atoms with Crippen LogP contribution in [0.5, 0.6) is 11.5 Å². The molecule has 0 aromatic heterocycles. The van der Waals surface area contributed by atoms with Crippen LogP contribution in [0.1, 0.15) is 16.8 Å². The van der Waals surface area contributed by atoms with Crippen LogP contribution < -0.4 is 19.7 Å². The van der Waals surface area contributed by atoms with Gasteiger partial charge in [-0.1, -0.05) is 0 Å². The molecule has 12 heteroatoms. The number of anilines is 2. The highest BCUT2D eigenvalue weighted by molar-refractivity contribution is 8.15. The maximum atomic E-state index is 12.5. The van der Waals surface area contributed by atoms with Crippen LogP contribution in [0, 0.1) is 0 Å². The Hall–Kier alpha value is -3.25. The largest absolute Gasteiger partial charge is 0.490 e. The molecule has 0 atom stereocenters. The van der Waals surface area contributed by atoms with Gasteiger partial charge in [-0.05, 0) is 42.1 Å². The highest BCUT2D eigenvalue weighted by Gasteiger charge is 2.33. The lowest BCUT2D eigenvalue weighted by molar-refractivity contribution is -0.119. The lowest BCUT2D eigenvalue weighted by Crippen LogP contribution is -2.35. The Morgan fingerprint density at radius 2 is 1.94 bits per heavy atom. The van der Waals surface area contributed by atoms with Gasteiger partial charge in [0.15, 0.2) is 23.3 Å². The highest BCUT2D eigenvalue weighted by Crippen LogP contribution is 2.42. The van der Waals surface area contributed by atoms with Crippen molar-refractivity contribution in [1.82, 2.24) is 0 Å². The van der Waals surface area contributed by atoms with Crippen molar-refractivity contribution in [2.45, 2.75) is 11.3 Å². The molecule has 2 aromatic rings. The van der Waals surface area contributed by atoms with Crippen molar-refractivity contribution in [1.29, 1.82) is 0 Å². The summed E-state index contributed by atoms with van der Waals surface area (Å²) in [5, 5.41) is 3.04. The third kappa shape index (κ3) is 4.62. The van der Waals surface area contributed by atoms with E-state index in [0.717, 1.165) is 12.1 Å². The maximum absolute atomic E-state index is 12.5. The molecule has 0 radical (unpaired) electrons. The van der Waals surface area contributed by atoms with Gasteiger partial charge in [0.25, 0.3) is 15.9 Å². The van der Waals surface area contributed by atoms with E-state index in [9.17, 15) is 18.0 Å². The van der Waals surface area contributed by atoms with Crippen molar-refractivity contribution in [2.75, 3.05) is 42.3 Å². The molecule has 33 heavy (non-hydrogen) atoms. The monoisotopic (exact) mass is 489 g/mol. The first-order valence-electron chi connectivity index (χ1n) is 10.2. The molecule has 0 spiro atoms. The molecule has 3 aliphatic rings. The Morgan fingerprint density at radius 1 is 1.12 bits per heavy atom. The van der Waals surface area contributed by atoms with Gasteiger partial charge in [-0.2, -0.15) is 0 Å². The van der Waals surface area contributed by atoms with Crippen LogP contribution in [0.2, 0.25) is 0 Å². The highest BCUT2D eigenvalue weighted by atomic mass is 32.2. The number of esters is 1. The fourth-order valence-electron chi connectivity index (χ4n) is 3.51. The minimum atomic E-state index is -3.46. The summed E-state index contributed by atoms with van der Waals surface area (Å²) in [7, 11) is -3.46. The molecule has 2 aromatic carbocycles. The first kappa shape index (κ1) is 21.6. The third-order valence-corrected chi connectivity index (χ3v) is 7.38. The van der Waals surface area contributed by atoms with Gasteiger partial charge in [-0.15, -0.1) is 4.40 Å². The second-order valence-electron chi connectivity index (χ2n) is 7.43. The van der Waals surface area contributed by atoms with E-state index in [-0.39, 0.29) is 11.3 Å². The van der Waals surface area contributed by atoms with Gasteiger partial charge in [0.05, 0.1) is 30.2 Å². The van der Waals surface area contributed by atoms with Crippen LogP contribution in [-0.4, -0.2) is 57.6 Å². The molecular weight excluding hydrogens is 470 g/mol. The van der Waals surface area contributed by atoms with Crippen LogP contribution in [0.25, 0.3) is 0 Å². The number of fused-ring (bicyclic) bond motifs is 4. The number of amides is 1. The standard InChI is InChI=1S/C21H19N3O7S2/c25-19(22-14-3-5-16-17(11-14)30-8-1-7-29-16)12-31-20(26)13-2-4-15-18(10-13)32-21-23-33(27,28)9-6-24(15)21/h2-5,10-11H,1,6-9,12H2,(H,22,25). The molecule has 0 unspecified atom stereocenters. The van der Waals surface area contributed by atoms with Crippen LogP contribution in [-0.2, 0) is 19.6 Å². The van der Waals surface area contributed by atoms with Crippen LogP contribution >= 0.6 is 11.8 Å². The smallest absolute Gasteiger partial charge is 0.338 e. The lowest BCUT2D eigenvalue weighted by Gasteiger charge is -2.22. The quantitative estimate of drug-likeness (QED) is 0.644. The number of nitrogens with zero attached hydrogens (tertiary/aromatic N) is 2. The number of thioether (sulfide) groups is 1. The minimum Gasteiger partial charge on any atom is -0.490 e. The number of rotatable bonds is 4. The van der Waals surface area contributed by atoms with Crippen molar-refractivity contribution < 1.29 is 32.2 Å². The molecule has 172 valence electrons. The van der Waals surface area contributed by atoms with Gasteiger partial charge in [0, 0.05) is 29.6 Å². The fourth-order valence-corrected chi connectivity index (χ4v) is 5.81. The number of hydrogen-bond acceptors (Lipinski definition) is 9. The normalized spacial score (nSPS) is 17.8. The van der Waals surface area contributed by atoms with E-state index in [1.807, 2.05) is 0 Å². The van der Waals surface area contributed by atoms with Crippen LogP contribution in [0.4, 0.5) is 11.4 Å². The second-order valence-corrected chi connectivity index (χ2v) is 10.2. The minimum absolute atomic E-state index is 0.0568. The van der Waals surface area contributed by atoms with E-state index < -0.39 is 28.5 Å². The Balaban J connectivity index is 1.20. The molecule has 5 rings (SSSR count). The molecule has 1 amide bonds. The lowest BCUT2D eigenvalue weighted by atomic mass is 10.2. The summed E-state index contributed by atoms with van der Waals surface area (Å²) in [5.41, 5.74) is 1.55. The van der Waals surface area contributed by atoms with Crippen molar-refractivity contribution in [3.63, 3.8) is 0 Å². The second kappa shape index (κ2) is 8.60. The first-order chi connectivity index (χ1) is 15.9. The number of sulfonamides is 1. The summed E-state index contributed by atoms with van der Waals surface area (Å²) in [5.74, 6) is -0.0480. The topological polar surface area (TPSA) is 124 Å². The van der Waals surface area contributed by atoms with Crippen molar-refractivity contribution in [3.05, 3.63) is 42.0 Å². The van der Waals surface area contributed by atoms with Gasteiger partial charge in [-0.25, -0.2) is 13.2 Å². The predicted molar refractivity (Wildman–Crippen MR) is 122 cm³/mol. The molecule has 3 aliphatic heterocycles.